The van der Waals surface area contributed by atoms with Crippen molar-refractivity contribution in [3.8, 4) is 6.07 Å². The fourth-order valence-electron chi connectivity index (χ4n) is 3.34. The van der Waals surface area contributed by atoms with Crippen LogP contribution in [0, 0.1) is 11.3 Å². The number of fused-ring (bicyclic) bond motifs is 1. The third kappa shape index (κ3) is 3.17. The second-order valence-electron chi connectivity index (χ2n) is 6.45. The summed E-state index contributed by atoms with van der Waals surface area (Å²) < 4.78 is 0. The van der Waals surface area contributed by atoms with Gasteiger partial charge in [-0.25, -0.2) is 0 Å². The maximum absolute atomic E-state index is 13.2. The van der Waals surface area contributed by atoms with Crippen LogP contribution in [0.1, 0.15) is 27.9 Å². The Morgan fingerprint density at radius 2 is 2.04 bits per heavy atom. The molecule has 0 spiro atoms. The van der Waals surface area contributed by atoms with Crippen molar-refractivity contribution in [3.63, 3.8) is 0 Å². The highest BCUT2D eigenvalue weighted by atomic mass is 16.2. The number of carbonyl (C=O) groups excluding carboxylic acids is 1. The van der Waals surface area contributed by atoms with Gasteiger partial charge in [-0.2, -0.15) is 5.26 Å². The van der Waals surface area contributed by atoms with E-state index in [1.54, 1.807) is 24.3 Å². The fourth-order valence-corrected chi connectivity index (χ4v) is 3.34. The van der Waals surface area contributed by atoms with Gasteiger partial charge in [0.1, 0.15) is 0 Å². The Kier molecular flexibility index (Phi) is 4.64. The first-order valence-electron chi connectivity index (χ1n) is 8.16. The molecule has 2 aromatic carbocycles. The van der Waals surface area contributed by atoms with E-state index in [0.717, 1.165) is 25.1 Å². The molecule has 0 bridgehead atoms. The van der Waals surface area contributed by atoms with Gasteiger partial charge in [0.2, 0.25) is 0 Å². The van der Waals surface area contributed by atoms with Crippen LogP contribution < -0.4 is 4.90 Å². The van der Waals surface area contributed by atoms with Crippen molar-refractivity contribution in [1.29, 1.82) is 5.26 Å². The van der Waals surface area contributed by atoms with Crippen LogP contribution in [0.5, 0.6) is 0 Å². The minimum Gasteiger partial charge on any atom is -0.307 e. The van der Waals surface area contributed by atoms with Crippen LogP contribution in [-0.2, 0) is 6.42 Å². The number of nitriles is 1. The third-order valence-corrected chi connectivity index (χ3v) is 4.40. The molecular formula is C20H21N3O. The number of benzene rings is 2. The van der Waals surface area contributed by atoms with Crippen LogP contribution in [0.2, 0.25) is 0 Å². The van der Waals surface area contributed by atoms with Gasteiger partial charge in [0, 0.05) is 17.8 Å². The summed E-state index contributed by atoms with van der Waals surface area (Å²) in [6.07, 6.45) is 1.93. The topological polar surface area (TPSA) is 47.3 Å². The normalized spacial score (nSPS) is 16.6. The maximum atomic E-state index is 13.2. The van der Waals surface area contributed by atoms with Crippen molar-refractivity contribution in [1.82, 2.24) is 4.90 Å². The number of amides is 1. The Morgan fingerprint density at radius 3 is 2.79 bits per heavy atom. The van der Waals surface area contributed by atoms with E-state index >= 15 is 0 Å². The number of aryl methyl sites for hydroxylation is 1. The molecule has 3 rings (SSSR count). The van der Waals surface area contributed by atoms with E-state index in [1.165, 1.54) is 5.56 Å². The van der Waals surface area contributed by atoms with E-state index in [-0.39, 0.29) is 11.9 Å². The number of hydrogen-bond donors (Lipinski definition) is 0. The molecule has 122 valence electrons. The molecule has 1 aliphatic heterocycles. The van der Waals surface area contributed by atoms with Crippen molar-refractivity contribution >= 4 is 11.6 Å². The standard InChI is InChI=1S/C20H21N3O/c1-22(2)14-18-11-10-16-7-3-4-9-19(16)23(18)20(24)17-8-5-6-15(12-17)13-21/h3-9,12,18H,10-11,14H2,1-2H3/t18-/m1/s1. The average molecular weight is 319 g/mol. The molecule has 4 heteroatoms. The average Bonchev–Trinajstić information content (AvgIpc) is 2.60. The first-order chi connectivity index (χ1) is 11.6. The molecule has 1 aliphatic rings. The van der Waals surface area contributed by atoms with Crippen molar-refractivity contribution in [2.45, 2.75) is 18.9 Å². The zero-order valence-electron chi connectivity index (χ0n) is 14.1. The van der Waals surface area contributed by atoms with Crippen LogP contribution in [-0.4, -0.2) is 37.5 Å². The number of hydrogen-bond acceptors (Lipinski definition) is 3. The lowest BCUT2D eigenvalue weighted by Gasteiger charge is -2.38. The molecule has 0 saturated heterocycles. The molecule has 4 nitrogen and oxygen atoms in total. The van der Waals surface area contributed by atoms with Gasteiger partial charge < -0.3 is 9.80 Å². The summed E-state index contributed by atoms with van der Waals surface area (Å²) in [4.78, 5) is 17.2. The summed E-state index contributed by atoms with van der Waals surface area (Å²) in [7, 11) is 4.05. The number of anilines is 1. The molecule has 0 aromatic heterocycles. The number of nitrogens with zero attached hydrogens (tertiary/aromatic N) is 3. The van der Waals surface area contributed by atoms with Gasteiger partial charge in [-0.05, 0) is 56.8 Å². The second-order valence-corrected chi connectivity index (χ2v) is 6.45. The molecule has 0 aliphatic carbocycles. The maximum Gasteiger partial charge on any atom is 0.258 e. The zero-order valence-corrected chi connectivity index (χ0v) is 14.1. The quantitative estimate of drug-likeness (QED) is 0.873. The summed E-state index contributed by atoms with van der Waals surface area (Å²) in [5, 5.41) is 9.10. The Hall–Kier alpha value is -2.64. The molecular weight excluding hydrogens is 298 g/mol. The Morgan fingerprint density at radius 1 is 1.25 bits per heavy atom. The van der Waals surface area contributed by atoms with Crippen LogP contribution in [0.15, 0.2) is 48.5 Å². The van der Waals surface area contributed by atoms with Gasteiger partial charge >= 0.3 is 0 Å². The molecule has 0 unspecified atom stereocenters. The minimum atomic E-state index is -0.0360. The molecule has 1 heterocycles. The second kappa shape index (κ2) is 6.86. The van der Waals surface area contributed by atoms with E-state index in [4.69, 9.17) is 5.26 Å². The Labute approximate surface area is 142 Å². The van der Waals surface area contributed by atoms with E-state index in [9.17, 15) is 4.79 Å². The molecule has 0 saturated carbocycles. The predicted molar refractivity (Wildman–Crippen MR) is 95.1 cm³/mol. The van der Waals surface area contributed by atoms with E-state index < -0.39 is 0 Å². The highest BCUT2D eigenvalue weighted by Crippen LogP contribution is 2.32. The van der Waals surface area contributed by atoms with Crippen LogP contribution in [0.4, 0.5) is 5.69 Å². The summed E-state index contributed by atoms with van der Waals surface area (Å²) >= 11 is 0. The van der Waals surface area contributed by atoms with Gasteiger partial charge in [-0.15, -0.1) is 0 Å². The zero-order chi connectivity index (χ0) is 17.1. The predicted octanol–water partition coefficient (Wildman–Crippen LogP) is 3.08. The van der Waals surface area contributed by atoms with E-state index in [0.29, 0.717) is 11.1 Å². The van der Waals surface area contributed by atoms with Crippen molar-refractivity contribution in [3.05, 3.63) is 65.2 Å². The van der Waals surface area contributed by atoms with Gasteiger partial charge in [0.15, 0.2) is 0 Å². The van der Waals surface area contributed by atoms with Crippen LogP contribution in [0.25, 0.3) is 0 Å². The van der Waals surface area contributed by atoms with Gasteiger partial charge in [-0.1, -0.05) is 24.3 Å². The van der Waals surface area contributed by atoms with Crippen LogP contribution >= 0.6 is 0 Å². The lowest BCUT2D eigenvalue weighted by molar-refractivity contribution is 0.0968. The largest absolute Gasteiger partial charge is 0.307 e. The third-order valence-electron chi connectivity index (χ3n) is 4.40. The minimum absolute atomic E-state index is 0.0360. The summed E-state index contributed by atoms with van der Waals surface area (Å²) in [6, 6.07) is 17.3. The van der Waals surface area contributed by atoms with Gasteiger partial charge in [0.25, 0.3) is 5.91 Å². The summed E-state index contributed by atoms with van der Waals surface area (Å²) in [6.45, 7) is 0.817. The molecule has 24 heavy (non-hydrogen) atoms. The summed E-state index contributed by atoms with van der Waals surface area (Å²) in [5.74, 6) is -0.0360. The van der Waals surface area contributed by atoms with Gasteiger partial charge in [-0.3, -0.25) is 4.79 Å². The smallest absolute Gasteiger partial charge is 0.258 e. The van der Waals surface area contributed by atoms with Crippen molar-refractivity contribution < 1.29 is 4.79 Å². The molecule has 2 aromatic rings. The van der Waals surface area contributed by atoms with E-state index in [1.807, 2.05) is 37.2 Å². The SMILES string of the molecule is CN(C)C[C@H]1CCc2ccccc2N1C(=O)c1cccc(C#N)c1. The number of rotatable bonds is 3. The van der Waals surface area contributed by atoms with Crippen molar-refractivity contribution in [2.75, 3.05) is 25.5 Å². The lowest BCUT2D eigenvalue weighted by atomic mass is 9.94. The van der Waals surface area contributed by atoms with E-state index in [2.05, 4.69) is 17.0 Å². The molecule has 1 atom stereocenters. The number of carbonyl (C=O) groups is 1. The lowest BCUT2D eigenvalue weighted by Crippen LogP contribution is -2.48. The first-order valence-corrected chi connectivity index (χ1v) is 8.16. The molecule has 0 fully saturated rings. The number of likely N-dealkylation sites (N-methyl/N-ethyl adjacent to an activating group) is 1. The molecule has 1 amide bonds. The summed E-state index contributed by atoms with van der Waals surface area (Å²) in [5.41, 5.74) is 3.27. The Bertz CT molecular complexity index is 791. The Balaban J connectivity index is 2.02. The fraction of sp³-hybridized carbons (Fsp3) is 0.300. The highest BCUT2D eigenvalue weighted by Gasteiger charge is 2.31. The first kappa shape index (κ1) is 16.2. The number of para-hydroxylation sites is 1. The van der Waals surface area contributed by atoms with Crippen LogP contribution in [0.3, 0.4) is 0 Å². The molecule has 0 N–H and O–H groups in total. The highest BCUT2D eigenvalue weighted by molar-refractivity contribution is 6.07. The van der Waals surface area contributed by atoms with Crippen molar-refractivity contribution in [2.24, 2.45) is 0 Å². The monoisotopic (exact) mass is 319 g/mol. The molecule has 0 radical (unpaired) electrons. The van der Waals surface area contributed by atoms with Gasteiger partial charge in [0.05, 0.1) is 17.7 Å².